The summed E-state index contributed by atoms with van der Waals surface area (Å²) < 4.78 is 11.5. The summed E-state index contributed by atoms with van der Waals surface area (Å²) in [5.74, 6) is 1.42. The summed E-state index contributed by atoms with van der Waals surface area (Å²) in [6.07, 6.45) is 13.4. The Morgan fingerprint density at radius 1 is 0.656 bits per heavy atom. The lowest BCUT2D eigenvalue weighted by Gasteiger charge is -2.08. The first-order chi connectivity index (χ1) is 15.8. The quantitative estimate of drug-likeness (QED) is 0.249. The molecule has 0 aliphatic heterocycles. The first-order valence-corrected chi connectivity index (χ1v) is 12.0. The number of hydrogen-bond donors (Lipinski definition) is 0. The average molecular weight is 433 g/mol. The van der Waals surface area contributed by atoms with Gasteiger partial charge in [-0.2, -0.15) is 0 Å². The minimum Gasteiger partial charge on any atom is -0.494 e. The molecule has 4 heteroatoms. The number of aryl methyl sites for hydroxylation is 1. The van der Waals surface area contributed by atoms with Gasteiger partial charge in [0.2, 0.25) is 5.88 Å². The van der Waals surface area contributed by atoms with Gasteiger partial charge in [0.15, 0.2) is 0 Å². The molecule has 1 heterocycles. The highest BCUT2D eigenvalue weighted by molar-refractivity contribution is 5.59. The van der Waals surface area contributed by atoms with Gasteiger partial charge in [-0.25, -0.2) is 9.97 Å². The highest BCUT2D eigenvalue weighted by Gasteiger charge is 2.04. The Balaban J connectivity index is 1.44. The molecule has 0 unspecified atom stereocenters. The maximum absolute atomic E-state index is 5.83. The van der Waals surface area contributed by atoms with Crippen LogP contribution in [-0.4, -0.2) is 16.6 Å². The Labute approximate surface area is 193 Å². The number of hydrogen-bond acceptors (Lipinski definition) is 4. The van der Waals surface area contributed by atoms with E-state index < -0.39 is 0 Å². The van der Waals surface area contributed by atoms with Crippen LogP contribution < -0.4 is 9.47 Å². The molecule has 0 N–H and O–H groups in total. The summed E-state index contributed by atoms with van der Waals surface area (Å²) in [6, 6.07) is 16.7. The minimum atomic E-state index is 0.495. The SMILES string of the molecule is CCCCCCCc1ccc(COc2cnc(-c3ccc(OCCCC)cc3)cn2)cc1. The summed E-state index contributed by atoms with van der Waals surface area (Å²) in [5.41, 5.74) is 4.37. The first-order valence-electron chi connectivity index (χ1n) is 12.0. The van der Waals surface area contributed by atoms with Gasteiger partial charge < -0.3 is 9.47 Å². The van der Waals surface area contributed by atoms with E-state index in [4.69, 9.17) is 9.47 Å². The third-order valence-corrected chi connectivity index (χ3v) is 5.52. The van der Waals surface area contributed by atoms with Crippen molar-refractivity contribution in [2.75, 3.05) is 6.61 Å². The van der Waals surface area contributed by atoms with Crippen molar-refractivity contribution in [2.24, 2.45) is 0 Å². The van der Waals surface area contributed by atoms with E-state index in [-0.39, 0.29) is 0 Å². The molecule has 0 spiro atoms. The lowest BCUT2D eigenvalue weighted by molar-refractivity contribution is 0.292. The van der Waals surface area contributed by atoms with Crippen molar-refractivity contribution in [2.45, 2.75) is 71.8 Å². The van der Waals surface area contributed by atoms with Crippen molar-refractivity contribution < 1.29 is 9.47 Å². The summed E-state index contributed by atoms with van der Waals surface area (Å²) in [6.45, 7) is 5.66. The number of benzene rings is 2. The highest BCUT2D eigenvalue weighted by atomic mass is 16.5. The maximum atomic E-state index is 5.83. The molecule has 0 radical (unpaired) electrons. The zero-order valence-corrected chi connectivity index (χ0v) is 19.6. The van der Waals surface area contributed by atoms with Crippen LogP contribution in [0.3, 0.4) is 0 Å². The van der Waals surface area contributed by atoms with Crippen LogP contribution in [0.2, 0.25) is 0 Å². The number of unbranched alkanes of at least 4 members (excludes halogenated alkanes) is 5. The molecule has 3 rings (SSSR count). The third-order valence-electron chi connectivity index (χ3n) is 5.52. The molecule has 0 aliphatic carbocycles. The lowest BCUT2D eigenvalue weighted by atomic mass is 10.0. The second-order valence-corrected chi connectivity index (χ2v) is 8.24. The average Bonchev–Trinajstić information content (AvgIpc) is 2.84. The van der Waals surface area contributed by atoms with Crippen molar-refractivity contribution in [1.82, 2.24) is 9.97 Å². The molecule has 32 heavy (non-hydrogen) atoms. The molecule has 2 aromatic carbocycles. The van der Waals surface area contributed by atoms with Gasteiger partial charge in [-0.15, -0.1) is 0 Å². The van der Waals surface area contributed by atoms with Crippen LogP contribution in [0.5, 0.6) is 11.6 Å². The second kappa shape index (κ2) is 13.5. The smallest absolute Gasteiger partial charge is 0.232 e. The Morgan fingerprint density at radius 2 is 1.38 bits per heavy atom. The minimum absolute atomic E-state index is 0.495. The van der Waals surface area contributed by atoms with Crippen molar-refractivity contribution in [3.63, 3.8) is 0 Å². The molecular weight excluding hydrogens is 396 g/mol. The largest absolute Gasteiger partial charge is 0.494 e. The number of rotatable bonds is 14. The predicted octanol–water partition coefficient (Wildman–Crippen LogP) is 7.41. The molecule has 0 saturated heterocycles. The van der Waals surface area contributed by atoms with E-state index in [1.807, 2.05) is 24.3 Å². The highest BCUT2D eigenvalue weighted by Crippen LogP contribution is 2.21. The van der Waals surface area contributed by atoms with Crippen LogP contribution >= 0.6 is 0 Å². The monoisotopic (exact) mass is 432 g/mol. The zero-order valence-electron chi connectivity index (χ0n) is 19.6. The molecule has 0 atom stereocenters. The fourth-order valence-corrected chi connectivity index (χ4v) is 3.49. The van der Waals surface area contributed by atoms with E-state index in [0.717, 1.165) is 48.4 Å². The molecule has 0 fully saturated rings. The molecule has 0 aliphatic rings. The molecule has 0 amide bonds. The van der Waals surface area contributed by atoms with Gasteiger partial charge in [-0.05, 0) is 54.7 Å². The molecule has 0 saturated carbocycles. The summed E-state index contributed by atoms with van der Waals surface area (Å²) >= 11 is 0. The fraction of sp³-hybridized carbons (Fsp3) is 0.429. The summed E-state index contributed by atoms with van der Waals surface area (Å²) in [5, 5.41) is 0. The Bertz CT molecular complexity index is 890. The van der Waals surface area contributed by atoms with Crippen LogP contribution in [0.15, 0.2) is 60.9 Å². The lowest BCUT2D eigenvalue weighted by Crippen LogP contribution is -1.99. The predicted molar refractivity (Wildman–Crippen MR) is 131 cm³/mol. The molecule has 1 aromatic heterocycles. The van der Waals surface area contributed by atoms with Gasteiger partial charge in [-0.1, -0.05) is 70.2 Å². The van der Waals surface area contributed by atoms with E-state index in [0.29, 0.717) is 12.5 Å². The van der Waals surface area contributed by atoms with Gasteiger partial charge in [0.1, 0.15) is 12.4 Å². The molecule has 170 valence electrons. The molecular formula is C28H36N2O2. The van der Waals surface area contributed by atoms with Crippen LogP contribution in [0.25, 0.3) is 11.3 Å². The topological polar surface area (TPSA) is 44.2 Å². The maximum Gasteiger partial charge on any atom is 0.232 e. The van der Waals surface area contributed by atoms with Gasteiger partial charge in [0, 0.05) is 5.56 Å². The molecule has 0 bridgehead atoms. The van der Waals surface area contributed by atoms with E-state index >= 15 is 0 Å². The van der Waals surface area contributed by atoms with Crippen LogP contribution in [0.1, 0.15) is 69.9 Å². The zero-order chi connectivity index (χ0) is 22.4. The van der Waals surface area contributed by atoms with Gasteiger partial charge in [-0.3, -0.25) is 0 Å². The van der Waals surface area contributed by atoms with E-state index in [9.17, 15) is 0 Å². The Morgan fingerprint density at radius 3 is 2.06 bits per heavy atom. The number of aromatic nitrogens is 2. The second-order valence-electron chi connectivity index (χ2n) is 8.24. The van der Waals surface area contributed by atoms with Crippen molar-refractivity contribution in [3.05, 3.63) is 72.1 Å². The Kier molecular flexibility index (Phi) is 10.0. The van der Waals surface area contributed by atoms with Crippen molar-refractivity contribution in [1.29, 1.82) is 0 Å². The third kappa shape index (κ3) is 7.99. The van der Waals surface area contributed by atoms with Crippen molar-refractivity contribution >= 4 is 0 Å². The van der Waals surface area contributed by atoms with Gasteiger partial charge in [0.05, 0.1) is 24.7 Å². The first kappa shape index (κ1) is 23.8. The van der Waals surface area contributed by atoms with E-state index in [2.05, 4.69) is 48.1 Å². The summed E-state index contributed by atoms with van der Waals surface area (Å²) in [7, 11) is 0. The Hall–Kier alpha value is -2.88. The molecule has 4 nitrogen and oxygen atoms in total. The van der Waals surface area contributed by atoms with Crippen LogP contribution in [0.4, 0.5) is 0 Å². The summed E-state index contributed by atoms with van der Waals surface area (Å²) in [4.78, 5) is 8.93. The number of ether oxygens (including phenoxy) is 2. The standard InChI is InChI=1S/C28H36N2O2/c1-3-5-7-8-9-10-23-11-13-24(14-12-23)22-32-28-21-29-27(20-30-28)25-15-17-26(18-16-25)31-19-6-4-2/h11-18,20-21H,3-10,19,22H2,1-2H3. The number of nitrogens with zero attached hydrogens (tertiary/aromatic N) is 2. The van der Waals surface area contributed by atoms with Crippen LogP contribution in [0, 0.1) is 0 Å². The fourth-order valence-electron chi connectivity index (χ4n) is 3.49. The van der Waals surface area contributed by atoms with E-state index in [1.165, 1.54) is 37.7 Å². The van der Waals surface area contributed by atoms with Gasteiger partial charge in [0.25, 0.3) is 0 Å². The van der Waals surface area contributed by atoms with Crippen LogP contribution in [-0.2, 0) is 13.0 Å². The van der Waals surface area contributed by atoms with Gasteiger partial charge >= 0.3 is 0 Å². The normalized spacial score (nSPS) is 10.8. The molecule has 3 aromatic rings. The van der Waals surface area contributed by atoms with E-state index in [1.54, 1.807) is 12.4 Å². The van der Waals surface area contributed by atoms with Crippen molar-refractivity contribution in [3.8, 4) is 22.9 Å².